The van der Waals surface area contributed by atoms with Crippen molar-refractivity contribution < 1.29 is 24.2 Å². The van der Waals surface area contributed by atoms with E-state index in [2.05, 4.69) is 29.2 Å². The van der Waals surface area contributed by atoms with Gasteiger partial charge in [-0.05, 0) is 67.5 Å². The van der Waals surface area contributed by atoms with E-state index in [-0.39, 0.29) is 18.0 Å². The maximum atomic E-state index is 13.5. The Balaban J connectivity index is 1.25. The van der Waals surface area contributed by atoms with E-state index >= 15 is 0 Å². The molecule has 7 rings (SSSR count). The topological polar surface area (TPSA) is 79.3 Å². The van der Waals surface area contributed by atoms with Crippen LogP contribution in [0.15, 0.2) is 78.9 Å². The standard InChI is InChI=1S/C36H38N2O5/c1-24(39)42-29-15-14-27-23-30-36(41)19-17-28(37(2)31(40)16-13-25-9-5-3-6-10-25)34-35(36,32(27)33(29)43-34)20-22-38(30)21-18-26-11-7-4-8-12-26/h3-16,28,30,34,41H,17-23H2,1-2H3/t28-,30-,34+,35+,36-/m1/s1. The highest BCUT2D eigenvalue weighted by atomic mass is 16.6. The number of aliphatic hydroxyl groups is 1. The van der Waals surface area contributed by atoms with E-state index < -0.39 is 23.1 Å². The van der Waals surface area contributed by atoms with Crippen LogP contribution in [0.2, 0.25) is 0 Å². The molecule has 43 heavy (non-hydrogen) atoms. The number of likely N-dealkylation sites (N-methyl/N-ethyl adjacent to an activating group) is 1. The second kappa shape index (κ2) is 10.6. The fraction of sp³-hybridized carbons (Fsp3) is 0.389. The molecule has 5 atom stereocenters. The second-order valence-electron chi connectivity index (χ2n) is 12.5. The van der Waals surface area contributed by atoms with Crippen LogP contribution in [0.5, 0.6) is 11.5 Å². The molecule has 0 aromatic heterocycles. The number of ether oxygens (including phenoxy) is 2. The summed E-state index contributed by atoms with van der Waals surface area (Å²) in [4.78, 5) is 29.8. The van der Waals surface area contributed by atoms with Gasteiger partial charge in [0.1, 0.15) is 6.10 Å². The van der Waals surface area contributed by atoms with Gasteiger partial charge in [-0.25, -0.2) is 0 Å². The molecular formula is C36H38N2O5. The zero-order valence-corrected chi connectivity index (χ0v) is 24.7. The molecular weight excluding hydrogens is 540 g/mol. The molecule has 1 N–H and O–H groups in total. The lowest BCUT2D eigenvalue weighted by atomic mass is 9.48. The average Bonchev–Trinajstić information content (AvgIpc) is 3.36. The summed E-state index contributed by atoms with van der Waals surface area (Å²) in [5.41, 5.74) is 2.60. The van der Waals surface area contributed by atoms with Crippen molar-refractivity contribution in [1.29, 1.82) is 0 Å². The van der Waals surface area contributed by atoms with Gasteiger partial charge in [0, 0.05) is 38.2 Å². The van der Waals surface area contributed by atoms with Crippen LogP contribution in [0, 0.1) is 0 Å². The van der Waals surface area contributed by atoms with Crippen LogP contribution in [0.1, 0.15) is 48.4 Å². The summed E-state index contributed by atoms with van der Waals surface area (Å²) in [7, 11) is 1.83. The van der Waals surface area contributed by atoms with Gasteiger partial charge in [0.2, 0.25) is 5.91 Å². The number of hydrogen-bond acceptors (Lipinski definition) is 6. The SMILES string of the molecule is CC(=O)Oc1ccc2c3c1O[C@H]1[C@H](N(C)C(=O)C=Cc4ccccc4)CC[C@@]4(O)[C@@H](C2)N(CCc2ccccc2)CC[C@]314. The van der Waals surface area contributed by atoms with Crippen molar-refractivity contribution in [2.24, 2.45) is 0 Å². The van der Waals surface area contributed by atoms with E-state index in [0.29, 0.717) is 37.2 Å². The molecule has 0 unspecified atom stereocenters. The molecule has 3 aromatic rings. The maximum Gasteiger partial charge on any atom is 0.308 e. The minimum Gasteiger partial charge on any atom is -0.483 e. The van der Waals surface area contributed by atoms with E-state index in [1.807, 2.05) is 61.7 Å². The minimum atomic E-state index is -1.04. The zero-order valence-electron chi connectivity index (χ0n) is 24.7. The van der Waals surface area contributed by atoms with Crippen molar-refractivity contribution >= 4 is 18.0 Å². The van der Waals surface area contributed by atoms with Crippen LogP contribution in [0.3, 0.4) is 0 Å². The molecule has 4 aliphatic rings. The molecule has 1 amide bonds. The third-order valence-electron chi connectivity index (χ3n) is 10.4. The molecule has 3 aromatic carbocycles. The molecule has 222 valence electrons. The first-order valence-corrected chi connectivity index (χ1v) is 15.3. The number of carbonyl (C=O) groups excluding carboxylic acids is 2. The van der Waals surface area contributed by atoms with Gasteiger partial charge >= 0.3 is 5.97 Å². The number of benzene rings is 3. The van der Waals surface area contributed by atoms with Crippen molar-refractivity contribution in [3.8, 4) is 11.5 Å². The van der Waals surface area contributed by atoms with Crippen molar-refractivity contribution in [3.05, 3.63) is 101 Å². The minimum absolute atomic E-state index is 0.0750. The number of carbonyl (C=O) groups is 2. The maximum absolute atomic E-state index is 13.5. The van der Waals surface area contributed by atoms with Gasteiger partial charge in [-0.15, -0.1) is 0 Å². The molecule has 7 nitrogen and oxygen atoms in total. The monoisotopic (exact) mass is 578 g/mol. The van der Waals surface area contributed by atoms with Crippen molar-refractivity contribution in [1.82, 2.24) is 9.80 Å². The summed E-state index contributed by atoms with van der Waals surface area (Å²) in [6.07, 6.45) is 6.46. The first-order valence-electron chi connectivity index (χ1n) is 15.3. The normalized spacial score (nSPS) is 28.7. The number of likely N-dealkylation sites (tertiary alicyclic amines) is 1. The van der Waals surface area contributed by atoms with Gasteiger partial charge in [0.25, 0.3) is 0 Å². The summed E-state index contributed by atoms with van der Waals surface area (Å²) >= 11 is 0. The van der Waals surface area contributed by atoms with Crippen LogP contribution >= 0.6 is 0 Å². The van der Waals surface area contributed by atoms with E-state index in [4.69, 9.17) is 9.47 Å². The highest BCUT2D eigenvalue weighted by molar-refractivity contribution is 5.92. The van der Waals surface area contributed by atoms with E-state index in [1.165, 1.54) is 12.5 Å². The lowest BCUT2D eigenvalue weighted by molar-refractivity contribution is -0.199. The van der Waals surface area contributed by atoms with E-state index in [1.54, 1.807) is 11.0 Å². The molecule has 2 heterocycles. The lowest BCUT2D eigenvalue weighted by Gasteiger charge is -2.64. The Morgan fingerprint density at radius 1 is 1.07 bits per heavy atom. The smallest absolute Gasteiger partial charge is 0.308 e. The number of amides is 1. The van der Waals surface area contributed by atoms with E-state index in [0.717, 1.165) is 36.2 Å². The Morgan fingerprint density at radius 3 is 2.56 bits per heavy atom. The lowest BCUT2D eigenvalue weighted by Crippen LogP contribution is -2.78. The quantitative estimate of drug-likeness (QED) is 0.252. The van der Waals surface area contributed by atoms with Gasteiger partial charge in [-0.3, -0.25) is 14.5 Å². The summed E-state index contributed by atoms with van der Waals surface area (Å²) < 4.78 is 12.4. The number of esters is 1. The average molecular weight is 579 g/mol. The summed E-state index contributed by atoms with van der Waals surface area (Å²) in [6, 6.07) is 23.8. The Morgan fingerprint density at radius 2 is 1.81 bits per heavy atom. The summed E-state index contributed by atoms with van der Waals surface area (Å²) in [6.45, 7) is 3.06. The van der Waals surface area contributed by atoms with Crippen LogP contribution < -0.4 is 9.47 Å². The zero-order chi connectivity index (χ0) is 29.8. The summed E-state index contributed by atoms with van der Waals surface area (Å²) in [5, 5.41) is 12.9. The third-order valence-corrected chi connectivity index (χ3v) is 10.4. The number of piperidine rings is 1. The fourth-order valence-electron chi connectivity index (χ4n) is 8.42. The largest absolute Gasteiger partial charge is 0.483 e. The highest BCUT2D eigenvalue weighted by Crippen LogP contribution is 2.66. The van der Waals surface area contributed by atoms with E-state index in [9.17, 15) is 14.7 Å². The Kier molecular flexibility index (Phi) is 6.90. The van der Waals surface area contributed by atoms with Gasteiger partial charge in [0.05, 0.1) is 17.1 Å². The number of hydrogen-bond donors (Lipinski definition) is 1. The number of nitrogens with zero attached hydrogens (tertiary/aromatic N) is 2. The molecule has 2 fully saturated rings. The van der Waals surface area contributed by atoms with Crippen molar-refractivity contribution in [2.75, 3.05) is 20.1 Å². The molecule has 1 spiro atoms. The van der Waals surface area contributed by atoms with Crippen LogP contribution in [0.25, 0.3) is 6.08 Å². The molecule has 2 aliphatic carbocycles. The summed E-state index contributed by atoms with van der Waals surface area (Å²) in [5.74, 6) is 0.420. The Hall–Kier alpha value is -3.94. The van der Waals surface area contributed by atoms with Gasteiger partial charge in [-0.2, -0.15) is 0 Å². The molecule has 7 heteroatoms. The van der Waals surface area contributed by atoms with Gasteiger partial charge < -0.3 is 19.5 Å². The molecule has 2 aliphatic heterocycles. The Bertz CT molecular complexity index is 1570. The highest BCUT2D eigenvalue weighted by Gasteiger charge is 2.73. The predicted octanol–water partition coefficient (Wildman–Crippen LogP) is 4.55. The second-order valence-corrected chi connectivity index (χ2v) is 12.5. The third kappa shape index (κ3) is 4.40. The van der Waals surface area contributed by atoms with Gasteiger partial charge in [-0.1, -0.05) is 66.7 Å². The molecule has 1 saturated heterocycles. The van der Waals surface area contributed by atoms with Crippen LogP contribution in [-0.4, -0.2) is 70.7 Å². The first kappa shape index (κ1) is 27.9. The molecule has 0 radical (unpaired) electrons. The fourth-order valence-corrected chi connectivity index (χ4v) is 8.42. The molecule has 2 bridgehead atoms. The van der Waals surface area contributed by atoms with Crippen molar-refractivity contribution in [2.45, 2.75) is 68.2 Å². The van der Waals surface area contributed by atoms with Crippen LogP contribution in [0.4, 0.5) is 0 Å². The first-order chi connectivity index (χ1) is 20.8. The van der Waals surface area contributed by atoms with Crippen molar-refractivity contribution in [3.63, 3.8) is 0 Å². The Labute approximate surface area is 252 Å². The predicted molar refractivity (Wildman–Crippen MR) is 164 cm³/mol. The molecule has 1 saturated carbocycles. The van der Waals surface area contributed by atoms with Crippen LogP contribution in [-0.2, 0) is 27.8 Å². The van der Waals surface area contributed by atoms with Gasteiger partial charge in [0.15, 0.2) is 11.5 Å². The number of rotatable bonds is 7.